The zero-order valence-corrected chi connectivity index (χ0v) is 17.1. The van der Waals surface area contributed by atoms with Gasteiger partial charge in [0, 0.05) is 11.7 Å². The van der Waals surface area contributed by atoms with Crippen LogP contribution in [0, 0.1) is 12.7 Å². The van der Waals surface area contributed by atoms with E-state index in [0.717, 1.165) is 17.7 Å². The highest BCUT2D eigenvalue weighted by Gasteiger charge is 2.32. The molecule has 2 aromatic carbocycles. The summed E-state index contributed by atoms with van der Waals surface area (Å²) in [5.41, 5.74) is 1.69. The molecule has 0 bridgehead atoms. The monoisotopic (exact) mass is 428 g/mol. The summed E-state index contributed by atoms with van der Waals surface area (Å²) in [6.45, 7) is 2.97. The fourth-order valence-electron chi connectivity index (χ4n) is 3.72. The number of nitrogens with zero attached hydrogens (tertiary/aromatic N) is 2. The number of esters is 1. The van der Waals surface area contributed by atoms with Crippen molar-refractivity contribution in [3.05, 3.63) is 70.2 Å². The molecular formula is C22H18ClFN2O4. The molecule has 3 aromatic rings. The van der Waals surface area contributed by atoms with E-state index in [-0.39, 0.29) is 39.6 Å². The summed E-state index contributed by atoms with van der Waals surface area (Å²) < 4.78 is 24.6. The van der Waals surface area contributed by atoms with E-state index >= 15 is 0 Å². The second kappa shape index (κ2) is 7.91. The molecular weight excluding hydrogens is 411 g/mol. The Morgan fingerprint density at radius 1 is 1.27 bits per heavy atom. The molecule has 0 fully saturated rings. The number of fused-ring (bicyclic) bond motifs is 1. The van der Waals surface area contributed by atoms with E-state index in [9.17, 15) is 14.0 Å². The van der Waals surface area contributed by atoms with Gasteiger partial charge in [0.25, 0.3) is 5.91 Å². The molecule has 0 N–H and O–H groups in total. The Balaban J connectivity index is 1.55. The quantitative estimate of drug-likeness (QED) is 0.569. The number of hydrogen-bond donors (Lipinski definition) is 0. The summed E-state index contributed by atoms with van der Waals surface area (Å²) in [7, 11) is 0. The van der Waals surface area contributed by atoms with Crippen LogP contribution in [-0.4, -0.2) is 29.7 Å². The van der Waals surface area contributed by atoms with Gasteiger partial charge in [-0.25, -0.2) is 9.18 Å². The van der Waals surface area contributed by atoms with Gasteiger partial charge in [0.1, 0.15) is 22.8 Å². The van der Waals surface area contributed by atoms with E-state index in [1.165, 1.54) is 25.1 Å². The SMILES string of the molecule is Cc1onc(-c2c(F)cccc2Cl)c1C(=O)OCC(=O)N1c2ccccc2C[C@H]1C. The first kappa shape index (κ1) is 20.1. The molecule has 6 nitrogen and oxygen atoms in total. The lowest BCUT2D eigenvalue weighted by Crippen LogP contribution is -2.38. The van der Waals surface area contributed by atoms with Gasteiger partial charge >= 0.3 is 5.97 Å². The predicted octanol–water partition coefficient (Wildman–Crippen LogP) is 4.58. The van der Waals surface area contributed by atoms with Crippen LogP contribution in [0.25, 0.3) is 11.3 Å². The van der Waals surface area contributed by atoms with Gasteiger partial charge in [0.05, 0.1) is 10.6 Å². The molecule has 0 aliphatic carbocycles. The fraction of sp³-hybridized carbons (Fsp3) is 0.227. The van der Waals surface area contributed by atoms with Crippen LogP contribution < -0.4 is 4.90 Å². The molecule has 4 rings (SSSR count). The van der Waals surface area contributed by atoms with Crippen molar-refractivity contribution in [1.82, 2.24) is 5.16 Å². The second-order valence-corrected chi connectivity index (χ2v) is 7.49. The number of halogens is 2. The lowest BCUT2D eigenvalue weighted by molar-refractivity contribution is -0.122. The highest BCUT2D eigenvalue weighted by atomic mass is 35.5. The Bertz CT molecular complexity index is 1120. The Morgan fingerprint density at radius 3 is 2.80 bits per heavy atom. The van der Waals surface area contributed by atoms with E-state index in [0.29, 0.717) is 0 Å². The average molecular weight is 429 g/mol. The van der Waals surface area contributed by atoms with Gasteiger partial charge in [0.2, 0.25) is 0 Å². The summed E-state index contributed by atoms with van der Waals surface area (Å²) in [6, 6.07) is 11.7. The van der Waals surface area contributed by atoms with Crippen molar-refractivity contribution in [3.63, 3.8) is 0 Å². The molecule has 8 heteroatoms. The molecule has 0 saturated heterocycles. The van der Waals surface area contributed by atoms with Gasteiger partial charge in [0.15, 0.2) is 6.61 Å². The van der Waals surface area contributed by atoms with Crippen molar-refractivity contribution >= 4 is 29.2 Å². The number of hydrogen-bond acceptors (Lipinski definition) is 5. The lowest BCUT2D eigenvalue weighted by atomic mass is 10.1. The molecule has 1 aliphatic heterocycles. The van der Waals surface area contributed by atoms with Crippen LogP contribution >= 0.6 is 11.6 Å². The highest BCUT2D eigenvalue weighted by Crippen LogP contribution is 2.34. The Hall–Kier alpha value is -3.19. The molecule has 154 valence electrons. The molecule has 1 amide bonds. The summed E-state index contributed by atoms with van der Waals surface area (Å²) in [4.78, 5) is 27.1. The van der Waals surface area contributed by atoms with Gasteiger partial charge in [-0.05, 0) is 44.0 Å². The number of aryl methyl sites for hydroxylation is 1. The van der Waals surface area contributed by atoms with Crippen LogP contribution in [-0.2, 0) is 16.0 Å². The topological polar surface area (TPSA) is 72.6 Å². The maximum Gasteiger partial charge on any atom is 0.344 e. The van der Waals surface area contributed by atoms with Crippen LogP contribution in [0.4, 0.5) is 10.1 Å². The summed E-state index contributed by atoms with van der Waals surface area (Å²) in [6.07, 6.45) is 0.733. The Kier molecular flexibility index (Phi) is 5.30. The average Bonchev–Trinajstić information content (AvgIpc) is 3.25. The normalized spacial score (nSPS) is 15.2. The van der Waals surface area contributed by atoms with Crippen LogP contribution in [0.3, 0.4) is 0 Å². The van der Waals surface area contributed by atoms with E-state index in [2.05, 4.69) is 5.16 Å². The van der Waals surface area contributed by atoms with Gasteiger partial charge in [-0.3, -0.25) is 4.79 Å². The minimum Gasteiger partial charge on any atom is -0.452 e. The van der Waals surface area contributed by atoms with Crippen LogP contribution in [0.15, 0.2) is 47.0 Å². The first-order valence-electron chi connectivity index (χ1n) is 9.36. The maximum absolute atomic E-state index is 14.3. The third-order valence-electron chi connectivity index (χ3n) is 5.07. The molecule has 1 aromatic heterocycles. The van der Waals surface area contributed by atoms with Crippen molar-refractivity contribution in [1.29, 1.82) is 0 Å². The summed E-state index contributed by atoms with van der Waals surface area (Å²) >= 11 is 6.09. The third kappa shape index (κ3) is 3.45. The summed E-state index contributed by atoms with van der Waals surface area (Å²) in [5.74, 6) is -1.69. The molecule has 1 aliphatic rings. The number of benzene rings is 2. The van der Waals surface area contributed by atoms with Crippen LogP contribution in [0.1, 0.15) is 28.6 Å². The van der Waals surface area contributed by atoms with E-state index in [4.69, 9.17) is 20.9 Å². The fourth-order valence-corrected chi connectivity index (χ4v) is 3.97. The minimum absolute atomic E-state index is 0.0429. The van der Waals surface area contributed by atoms with Crippen molar-refractivity contribution in [2.24, 2.45) is 0 Å². The van der Waals surface area contributed by atoms with Crippen molar-refractivity contribution in [2.75, 3.05) is 11.5 Å². The molecule has 30 heavy (non-hydrogen) atoms. The molecule has 1 atom stereocenters. The van der Waals surface area contributed by atoms with E-state index < -0.39 is 18.4 Å². The molecule has 0 radical (unpaired) electrons. The largest absolute Gasteiger partial charge is 0.452 e. The van der Waals surface area contributed by atoms with Gasteiger partial charge in [-0.15, -0.1) is 0 Å². The first-order chi connectivity index (χ1) is 14.4. The number of amides is 1. The highest BCUT2D eigenvalue weighted by molar-refractivity contribution is 6.33. The molecule has 0 unspecified atom stereocenters. The minimum atomic E-state index is -0.837. The van der Waals surface area contributed by atoms with Gasteiger partial charge in [-0.1, -0.05) is 41.0 Å². The number of para-hydroxylation sites is 1. The predicted molar refractivity (Wildman–Crippen MR) is 109 cm³/mol. The first-order valence-corrected chi connectivity index (χ1v) is 9.74. The summed E-state index contributed by atoms with van der Waals surface area (Å²) in [5, 5.41) is 3.86. The number of carbonyl (C=O) groups excluding carboxylic acids is 2. The zero-order chi connectivity index (χ0) is 21.4. The zero-order valence-electron chi connectivity index (χ0n) is 16.3. The molecule has 0 saturated carbocycles. The Morgan fingerprint density at radius 2 is 2.03 bits per heavy atom. The standard InChI is InChI=1S/C22H18ClFN2O4/c1-12-10-14-6-3-4-9-17(14)26(12)18(27)11-29-22(28)19-13(2)30-25-21(19)20-15(23)7-5-8-16(20)24/h3-9,12H,10-11H2,1-2H3/t12-/m1/s1. The molecule has 0 spiro atoms. The van der Waals surface area contributed by atoms with Crippen molar-refractivity contribution in [3.8, 4) is 11.3 Å². The van der Waals surface area contributed by atoms with Crippen LogP contribution in [0.2, 0.25) is 5.02 Å². The second-order valence-electron chi connectivity index (χ2n) is 7.08. The lowest BCUT2D eigenvalue weighted by Gasteiger charge is -2.22. The number of ether oxygens (including phenoxy) is 1. The number of anilines is 1. The molecule has 2 heterocycles. The number of carbonyl (C=O) groups is 2. The van der Waals surface area contributed by atoms with Crippen molar-refractivity contribution < 1.29 is 23.2 Å². The van der Waals surface area contributed by atoms with Gasteiger partial charge in [-0.2, -0.15) is 0 Å². The Labute approximate surface area is 177 Å². The smallest absolute Gasteiger partial charge is 0.344 e. The van der Waals surface area contributed by atoms with E-state index in [1.807, 2.05) is 31.2 Å². The van der Waals surface area contributed by atoms with E-state index in [1.54, 1.807) is 4.90 Å². The van der Waals surface area contributed by atoms with Crippen LogP contribution in [0.5, 0.6) is 0 Å². The van der Waals surface area contributed by atoms with Crippen molar-refractivity contribution in [2.45, 2.75) is 26.3 Å². The maximum atomic E-state index is 14.3. The van der Waals surface area contributed by atoms with Gasteiger partial charge < -0.3 is 14.2 Å². The number of aromatic nitrogens is 1. The number of rotatable bonds is 4. The third-order valence-corrected chi connectivity index (χ3v) is 5.38.